The second-order valence-electron chi connectivity index (χ2n) is 7.75. The molecule has 0 fully saturated rings. The Bertz CT molecular complexity index is 1100. The van der Waals surface area contributed by atoms with Crippen molar-refractivity contribution in [3.05, 3.63) is 108 Å². The van der Waals surface area contributed by atoms with Gasteiger partial charge in [0.05, 0.1) is 0 Å². The molecule has 9 heteroatoms. The lowest BCUT2D eigenvalue weighted by Gasteiger charge is -2.18. The Balaban J connectivity index is 1.48. The Morgan fingerprint density at radius 2 is 1.17 bits per heavy atom. The van der Waals surface area contributed by atoms with Gasteiger partial charge in [0.15, 0.2) is 0 Å². The first-order valence-electron chi connectivity index (χ1n) is 11.3. The summed E-state index contributed by atoms with van der Waals surface area (Å²) in [7, 11) is 2.65. The molecule has 0 saturated heterocycles. The first-order valence-corrected chi connectivity index (χ1v) is 13.8. The molecule has 0 bridgehead atoms. The van der Waals surface area contributed by atoms with E-state index in [1.807, 2.05) is 66.7 Å². The maximum Gasteiger partial charge on any atom is 0.329 e. The minimum Gasteiger partial charge on any atom is -0.460 e. The predicted octanol–water partition coefficient (Wildman–Crippen LogP) is 3.98. The van der Waals surface area contributed by atoms with Crippen LogP contribution in [0.1, 0.15) is 21.5 Å². The van der Waals surface area contributed by atoms with E-state index in [0.717, 1.165) is 11.1 Å². The van der Waals surface area contributed by atoms with Crippen molar-refractivity contribution in [3.8, 4) is 0 Å². The number of ether oxygens (including phenoxy) is 2. The van der Waals surface area contributed by atoms with Crippen LogP contribution in [0.5, 0.6) is 0 Å². The van der Waals surface area contributed by atoms with Gasteiger partial charge in [0.1, 0.15) is 25.3 Å². The minimum atomic E-state index is -0.875. The summed E-state index contributed by atoms with van der Waals surface area (Å²) < 4.78 is 10.7. The summed E-state index contributed by atoms with van der Waals surface area (Å²) in [5.74, 6) is -0.880. The van der Waals surface area contributed by atoms with Gasteiger partial charge in [-0.05, 0) is 23.3 Å². The van der Waals surface area contributed by atoms with Gasteiger partial charge in [0.25, 0.3) is 5.91 Å². The molecule has 3 N–H and O–H groups in total. The maximum absolute atomic E-state index is 12.8. The van der Waals surface area contributed by atoms with Crippen molar-refractivity contribution in [1.29, 1.82) is 0 Å². The lowest BCUT2D eigenvalue weighted by Crippen LogP contribution is -2.43. The molecular formula is C27H28N2O5S2. The third-order valence-corrected chi connectivity index (χ3v) is 7.39. The highest BCUT2D eigenvalue weighted by atomic mass is 33.1. The smallest absolute Gasteiger partial charge is 0.329 e. The number of carbonyl (C=O) groups is 3. The van der Waals surface area contributed by atoms with Gasteiger partial charge in [0.2, 0.25) is 0 Å². The predicted molar refractivity (Wildman–Crippen MR) is 143 cm³/mol. The first-order chi connectivity index (χ1) is 17.5. The second kappa shape index (κ2) is 15.0. The molecule has 0 aromatic heterocycles. The molecule has 7 nitrogen and oxygen atoms in total. The average Bonchev–Trinajstić information content (AvgIpc) is 2.93. The molecule has 188 valence electrons. The first kappa shape index (κ1) is 27.3. The van der Waals surface area contributed by atoms with E-state index in [1.165, 1.54) is 21.6 Å². The van der Waals surface area contributed by atoms with Crippen LogP contribution < -0.4 is 11.1 Å². The van der Waals surface area contributed by atoms with Gasteiger partial charge in [0, 0.05) is 17.1 Å². The molecule has 0 unspecified atom stereocenters. The highest BCUT2D eigenvalue weighted by Gasteiger charge is 2.24. The van der Waals surface area contributed by atoms with Crippen molar-refractivity contribution in [1.82, 2.24) is 5.32 Å². The molecule has 36 heavy (non-hydrogen) atoms. The van der Waals surface area contributed by atoms with Gasteiger partial charge in [-0.25, -0.2) is 4.79 Å². The van der Waals surface area contributed by atoms with Crippen molar-refractivity contribution in [3.63, 3.8) is 0 Å². The quantitative estimate of drug-likeness (QED) is 0.196. The summed E-state index contributed by atoms with van der Waals surface area (Å²) in [6.45, 7) is 0.263. The molecule has 3 aromatic rings. The van der Waals surface area contributed by atoms with E-state index < -0.39 is 24.0 Å². The molecule has 0 radical (unpaired) electrons. The fraction of sp³-hybridized carbons (Fsp3) is 0.222. The fourth-order valence-corrected chi connectivity index (χ4v) is 5.23. The van der Waals surface area contributed by atoms with E-state index in [1.54, 1.807) is 24.3 Å². The number of nitrogens with one attached hydrogen (secondary N) is 1. The molecule has 3 aromatic carbocycles. The third kappa shape index (κ3) is 9.41. The standard InChI is InChI=1S/C27H28N2O5S2/c28-23(26(31)33-16-20-10-4-1-5-11-20)18-35-36-19-24(29-25(30)22-14-8-3-9-15-22)27(32)34-17-21-12-6-2-7-13-21/h1-15,23-24H,16-19,28H2,(H,29,30)/t23-,24-/m0/s1. The zero-order valence-corrected chi connectivity index (χ0v) is 21.2. The summed E-state index contributed by atoms with van der Waals surface area (Å²) in [4.78, 5) is 37.6. The van der Waals surface area contributed by atoms with Crippen LogP contribution in [0.4, 0.5) is 0 Å². The summed E-state index contributed by atoms with van der Waals surface area (Å²) in [5, 5.41) is 2.75. The van der Waals surface area contributed by atoms with Gasteiger partial charge < -0.3 is 20.5 Å². The van der Waals surface area contributed by atoms with Crippen LogP contribution in [0.2, 0.25) is 0 Å². The van der Waals surface area contributed by atoms with E-state index in [2.05, 4.69) is 5.32 Å². The zero-order valence-electron chi connectivity index (χ0n) is 19.6. The summed E-state index contributed by atoms with van der Waals surface area (Å²) in [6, 6.07) is 25.6. The van der Waals surface area contributed by atoms with Crippen molar-refractivity contribution in [2.24, 2.45) is 5.73 Å². The fourth-order valence-electron chi connectivity index (χ4n) is 2.97. The van der Waals surface area contributed by atoms with Crippen LogP contribution >= 0.6 is 21.6 Å². The molecule has 1 amide bonds. The molecule has 3 rings (SSSR count). The van der Waals surface area contributed by atoms with Crippen molar-refractivity contribution < 1.29 is 23.9 Å². The number of carbonyl (C=O) groups excluding carboxylic acids is 3. The Kier molecular flexibility index (Phi) is 11.4. The lowest BCUT2D eigenvalue weighted by molar-refractivity contribution is -0.147. The highest BCUT2D eigenvalue weighted by Crippen LogP contribution is 2.23. The zero-order chi connectivity index (χ0) is 25.6. The third-order valence-electron chi connectivity index (χ3n) is 4.94. The molecular weight excluding hydrogens is 496 g/mol. The molecule has 0 aliphatic rings. The number of benzene rings is 3. The van der Waals surface area contributed by atoms with Crippen molar-refractivity contribution in [2.75, 3.05) is 11.5 Å². The molecule has 0 aliphatic carbocycles. The Hall–Kier alpha value is -3.27. The maximum atomic E-state index is 12.8. The molecule has 0 spiro atoms. The highest BCUT2D eigenvalue weighted by molar-refractivity contribution is 8.76. The van der Waals surface area contributed by atoms with Crippen LogP contribution in [0, 0.1) is 0 Å². The van der Waals surface area contributed by atoms with Crippen LogP contribution in [-0.2, 0) is 32.3 Å². The molecule has 0 heterocycles. The topological polar surface area (TPSA) is 108 Å². The largest absolute Gasteiger partial charge is 0.460 e. The summed E-state index contributed by atoms with van der Waals surface area (Å²) >= 11 is 0. The van der Waals surface area contributed by atoms with Crippen LogP contribution in [-0.4, -0.2) is 41.4 Å². The SMILES string of the molecule is N[C@@H](CSSC[C@H](NC(=O)c1ccccc1)C(=O)OCc1ccccc1)C(=O)OCc1ccccc1. The van der Waals surface area contributed by atoms with Crippen LogP contribution in [0.25, 0.3) is 0 Å². The number of hydrogen-bond acceptors (Lipinski definition) is 8. The van der Waals surface area contributed by atoms with Gasteiger partial charge in [-0.3, -0.25) is 9.59 Å². The van der Waals surface area contributed by atoms with E-state index in [0.29, 0.717) is 5.56 Å². The number of nitrogens with two attached hydrogens (primary N) is 1. The van der Waals surface area contributed by atoms with Gasteiger partial charge >= 0.3 is 11.9 Å². The lowest BCUT2D eigenvalue weighted by atomic mass is 10.2. The van der Waals surface area contributed by atoms with Crippen LogP contribution in [0.15, 0.2) is 91.0 Å². The van der Waals surface area contributed by atoms with E-state index in [4.69, 9.17) is 15.2 Å². The average molecular weight is 525 g/mol. The van der Waals surface area contributed by atoms with E-state index in [-0.39, 0.29) is 30.6 Å². The molecule has 2 atom stereocenters. The summed E-state index contributed by atoms with van der Waals surface area (Å²) in [5.41, 5.74) is 8.13. The number of esters is 2. The van der Waals surface area contributed by atoms with Crippen molar-refractivity contribution >= 4 is 39.4 Å². The monoisotopic (exact) mass is 524 g/mol. The van der Waals surface area contributed by atoms with Gasteiger partial charge in [-0.2, -0.15) is 0 Å². The number of amides is 1. The molecule has 0 aliphatic heterocycles. The number of hydrogen-bond donors (Lipinski definition) is 2. The Morgan fingerprint density at radius 3 is 1.72 bits per heavy atom. The van der Waals surface area contributed by atoms with Gasteiger partial charge in [-0.1, -0.05) is 100 Å². The second-order valence-corrected chi connectivity index (χ2v) is 10.3. The molecule has 0 saturated carbocycles. The summed E-state index contributed by atoms with van der Waals surface area (Å²) in [6.07, 6.45) is 0. The van der Waals surface area contributed by atoms with E-state index >= 15 is 0 Å². The van der Waals surface area contributed by atoms with Crippen LogP contribution in [0.3, 0.4) is 0 Å². The minimum absolute atomic E-state index is 0.104. The van der Waals surface area contributed by atoms with Crippen molar-refractivity contribution in [2.45, 2.75) is 25.3 Å². The number of rotatable bonds is 13. The van der Waals surface area contributed by atoms with Gasteiger partial charge in [-0.15, -0.1) is 0 Å². The normalized spacial score (nSPS) is 12.2. The Morgan fingerprint density at radius 1 is 0.694 bits per heavy atom. The van der Waals surface area contributed by atoms with E-state index in [9.17, 15) is 14.4 Å². The Labute approximate surface area is 218 Å².